The van der Waals surface area contributed by atoms with Gasteiger partial charge in [0, 0.05) is 18.2 Å². The molecule has 0 bridgehead atoms. The molecule has 0 radical (unpaired) electrons. The Bertz CT molecular complexity index is 179. The number of hydrogen-bond acceptors (Lipinski definition) is 1. The summed E-state index contributed by atoms with van der Waals surface area (Å²) in [5, 5.41) is 3.37. The summed E-state index contributed by atoms with van der Waals surface area (Å²) >= 11 is 0. The Morgan fingerprint density at radius 2 is 2.08 bits per heavy atom. The predicted octanol–water partition coefficient (Wildman–Crippen LogP) is 2.79. The Hall–Kier alpha value is -0.460. The molecule has 0 aromatic rings. The van der Waals surface area contributed by atoms with E-state index in [-0.39, 0.29) is 0 Å². The fraction of sp³-hybridized carbons (Fsp3) is 0.818. The number of nitrogens with one attached hydrogen (secondary N) is 1. The zero-order chi connectivity index (χ0) is 9.35. The molecule has 1 N–H and O–H groups in total. The zero-order valence-corrected chi connectivity index (χ0v) is 8.78. The van der Waals surface area contributed by atoms with Gasteiger partial charge in [-0.05, 0) is 17.8 Å². The third-order valence-corrected chi connectivity index (χ3v) is 3.01. The Labute approximate surface area is 76.2 Å². The summed E-state index contributed by atoms with van der Waals surface area (Å²) in [4.78, 5) is 0. The Kier molecular flexibility index (Phi) is 2.50. The van der Waals surface area contributed by atoms with Crippen LogP contribution in [0.1, 0.15) is 34.1 Å². The molecule has 70 valence electrons. The van der Waals surface area contributed by atoms with Gasteiger partial charge in [0.25, 0.3) is 0 Å². The van der Waals surface area contributed by atoms with Crippen molar-refractivity contribution >= 4 is 0 Å². The first-order valence-corrected chi connectivity index (χ1v) is 4.88. The number of allylic oxidation sites excluding steroid dienone is 1. The van der Waals surface area contributed by atoms with Gasteiger partial charge in [0.05, 0.1) is 0 Å². The average molecular weight is 167 g/mol. The third-order valence-electron chi connectivity index (χ3n) is 3.01. The molecule has 1 aliphatic heterocycles. The second kappa shape index (κ2) is 3.12. The SMILES string of the molecule is C=C1NCCC(C)(C)C1C(C)C. The van der Waals surface area contributed by atoms with Crippen LogP contribution in [0.2, 0.25) is 0 Å². The summed E-state index contributed by atoms with van der Waals surface area (Å²) < 4.78 is 0. The van der Waals surface area contributed by atoms with Crippen LogP contribution in [0.4, 0.5) is 0 Å². The molecule has 12 heavy (non-hydrogen) atoms. The average Bonchev–Trinajstić information content (AvgIpc) is 1.82. The molecule has 0 aromatic carbocycles. The normalized spacial score (nSPS) is 28.8. The van der Waals surface area contributed by atoms with Crippen LogP contribution in [0.15, 0.2) is 12.3 Å². The van der Waals surface area contributed by atoms with Crippen molar-refractivity contribution in [2.75, 3.05) is 6.54 Å². The van der Waals surface area contributed by atoms with E-state index in [4.69, 9.17) is 0 Å². The molecule has 1 unspecified atom stereocenters. The lowest BCUT2D eigenvalue weighted by Crippen LogP contribution is -2.42. The number of rotatable bonds is 1. The quantitative estimate of drug-likeness (QED) is 0.633. The highest BCUT2D eigenvalue weighted by Crippen LogP contribution is 2.41. The summed E-state index contributed by atoms with van der Waals surface area (Å²) in [7, 11) is 0. The largest absolute Gasteiger partial charge is 0.389 e. The van der Waals surface area contributed by atoms with Gasteiger partial charge in [-0.1, -0.05) is 34.3 Å². The molecule has 0 aromatic heterocycles. The monoisotopic (exact) mass is 167 g/mol. The topological polar surface area (TPSA) is 12.0 Å². The first kappa shape index (κ1) is 9.63. The number of hydrogen-bond donors (Lipinski definition) is 1. The Morgan fingerprint density at radius 3 is 2.42 bits per heavy atom. The van der Waals surface area contributed by atoms with Crippen LogP contribution in [0.25, 0.3) is 0 Å². The van der Waals surface area contributed by atoms with Gasteiger partial charge in [0.1, 0.15) is 0 Å². The third kappa shape index (κ3) is 1.65. The van der Waals surface area contributed by atoms with Crippen molar-refractivity contribution in [2.24, 2.45) is 17.3 Å². The fourth-order valence-electron chi connectivity index (χ4n) is 2.59. The molecule has 1 heterocycles. The van der Waals surface area contributed by atoms with E-state index in [1.165, 1.54) is 12.1 Å². The highest BCUT2D eigenvalue weighted by Gasteiger charge is 2.36. The van der Waals surface area contributed by atoms with Gasteiger partial charge >= 0.3 is 0 Å². The van der Waals surface area contributed by atoms with Crippen molar-refractivity contribution < 1.29 is 0 Å². The molecule has 0 aliphatic carbocycles. The van der Waals surface area contributed by atoms with Crippen molar-refractivity contribution in [3.63, 3.8) is 0 Å². The minimum atomic E-state index is 0.427. The van der Waals surface area contributed by atoms with E-state index in [9.17, 15) is 0 Å². The van der Waals surface area contributed by atoms with Gasteiger partial charge in [0.2, 0.25) is 0 Å². The van der Waals surface area contributed by atoms with Crippen molar-refractivity contribution in [1.82, 2.24) is 5.32 Å². The maximum absolute atomic E-state index is 4.10. The standard InChI is InChI=1S/C11H21N/c1-8(2)10-9(3)12-7-6-11(10,4)5/h8,10,12H,3,6-7H2,1-2,4-5H3. The van der Waals surface area contributed by atoms with E-state index in [0.717, 1.165) is 6.54 Å². The smallest absolute Gasteiger partial charge is 0.0149 e. The first-order chi connectivity index (χ1) is 5.45. The highest BCUT2D eigenvalue weighted by atomic mass is 14.9. The van der Waals surface area contributed by atoms with Crippen molar-refractivity contribution in [2.45, 2.75) is 34.1 Å². The maximum atomic E-state index is 4.10. The summed E-state index contributed by atoms with van der Waals surface area (Å²) in [5.41, 5.74) is 1.66. The van der Waals surface area contributed by atoms with Crippen LogP contribution in [0.3, 0.4) is 0 Å². The summed E-state index contributed by atoms with van der Waals surface area (Å²) in [6, 6.07) is 0. The predicted molar refractivity (Wildman–Crippen MR) is 53.9 cm³/mol. The molecule has 1 rings (SSSR count). The second-order valence-electron chi connectivity index (χ2n) is 4.91. The molecular formula is C11H21N. The van der Waals surface area contributed by atoms with Gasteiger partial charge in [-0.3, -0.25) is 0 Å². The number of piperidine rings is 1. The molecule has 0 amide bonds. The van der Waals surface area contributed by atoms with Crippen molar-refractivity contribution in [1.29, 1.82) is 0 Å². The minimum absolute atomic E-state index is 0.427. The Morgan fingerprint density at radius 1 is 1.50 bits per heavy atom. The lowest BCUT2D eigenvalue weighted by atomic mass is 9.67. The summed E-state index contributed by atoms with van der Waals surface area (Å²) in [5.74, 6) is 1.33. The van der Waals surface area contributed by atoms with Crippen LogP contribution in [-0.2, 0) is 0 Å². The summed E-state index contributed by atoms with van der Waals surface area (Å²) in [6.45, 7) is 14.5. The lowest BCUT2D eigenvalue weighted by Gasteiger charge is -2.43. The molecule has 1 saturated heterocycles. The molecule has 1 fully saturated rings. The van der Waals surface area contributed by atoms with E-state index in [1.807, 2.05) is 0 Å². The van der Waals surface area contributed by atoms with Crippen LogP contribution in [-0.4, -0.2) is 6.54 Å². The van der Waals surface area contributed by atoms with Gasteiger partial charge in [-0.15, -0.1) is 0 Å². The lowest BCUT2D eigenvalue weighted by molar-refractivity contribution is 0.145. The molecule has 1 heteroatoms. The van der Waals surface area contributed by atoms with Gasteiger partial charge in [-0.2, -0.15) is 0 Å². The molecule has 0 spiro atoms. The van der Waals surface area contributed by atoms with Crippen LogP contribution in [0.5, 0.6) is 0 Å². The van der Waals surface area contributed by atoms with Crippen LogP contribution in [0, 0.1) is 17.3 Å². The zero-order valence-electron chi connectivity index (χ0n) is 8.78. The van der Waals surface area contributed by atoms with E-state index < -0.39 is 0 Å². The molecular weight excluding hydrogens is 146 g/mol. The van der Waals surface area contributed by atoms with Gasteiger partial charge in [0.15, 0.2) is 0 Å². The van der Waals surface area contributed by atoms with Crippen LogP contribution >= 0.6 is 0 Å². The molecule has 1 nitrogen and oxygen atoms in total. The molecule has 1 atom stereocenters. The fourth-order valence-corrected chi connectivity index (χ4v) is 2.59. The van der Waals surface area contributed by atoms with E-state index in [0.29, 0.717) is 17.3 Å². The second-order valence-corrected chi connectivity index (χ2v) is 4.91. The minimum Gasteiger partial charge on any atom is -0.389 e. The van der Waals surface area contributed by atoms with Gasteiger partial charge in [-0.25, -0.2) is 0 Å². The maximum Gasteiger partial charge on any atom is 0.0149 e. The molecule has 1 aliphatic rings. The summed E-state index contributed by atoms with van der Waals surface area (Å²) in [6.07, 6.45) is 1.26. The highest BCUT2D eigenvalue weighted by molar-refractivity contribution is 5.08. The first-order valence-electron chi connectivity index (χ1n) is 4.88. The Balaban J connectivity index is 2.81. The van der Waals surface area contributed by atoms with E-state index >= 15 is 0 Å². The van der Waals surface area contributed by atoms with E-state index in [2.05, 4.69) is 39.6 Å². The molecule has 0 saturated carbocycles. The van der Waals surface area contributed by atoms with Crippen molar-refractivity contribution in [3.05, 3.63) is 12.3 Å². The van der Waals surface area contributed by atoms with Crippen molar-refractivity contribution in [3.8, 4) is 0 Å². The van der Waals surface area contributed by atoms with Crippen LogP contribution < -0.4 is 5.32 Å². The van der Waals surface area contributed by atoms with E-state index in [1.54, 1.807) is 0 Å². The van der Waals surface area contributed by atoms with Gasteiger partial charge < -0.3 is 5.32 Å².